The summed E-state index contributed by atoms with van der Waals surface area (Å²) in [5.41, 5.74) is 2.62. The van der Waals surface area contributed by atoms with E-state index in [-0.39, 0.29) is 23.3 Å². The number of rotatable bonds is 10. The summed E-state index contributed by atoms with van der Waals surface area (Å²) in [5, 5.41) is 16.7. The van der Waals surface area contributed by atoms with Crippen molar-refractivity contribution >= 4 is 16.9 Å². The number of aromatic nitrogens is 2. The summed E-state index contributed by atoms with van der Waals surface area (Å²) in [7, 11) is 0. The third-order valence-electron chi connectivity index (χ3n) is 5.77. The summed E-state index contributed by atoms with van der Waals surface area (Å²) in [6.45, 7) is 6.94. The van der Waals surface area contributed by atoms with Crippen LogP contribution in [0.5, 0.6) is 0 Å². The number of para-hydroxylation sites is 1. The van der Waals surface area contributed by atoms with Crippen LogP contribution in [-0.2, 0) is 23.9 Å². The van der Waals surface area contributed by atoms with Gasteiger partial charge in [0.15, 0.2) is 0 Å². The van der Waals surface area contributed by atoms with Crippen molar-refractivity contribution in [2.45, 2.75) is 64.9 Å². The Morgan fingerprint density at radius 2 is 1.97 bits per heavy atom. The van der Waals surface area contributed by atoms with E-state index in [9.17, 15) is 23.1 Å². The number of H-pyrrole nitrogens is 1. The lowest BCUT2D eigenvalue weighted by molar-refractivity contribution is -0.136. The number of aromatic amines is 1. The summed E-state index contributed by atoms with van der Waals surface area (Å²) >= 11 is 0. The molecule has 0 unspecified atom stereocenters. The molecule has 0 saturated carbocycles. The zero-order valence-electron chi connectivity index (χ0n) is 19.6. The molecular formula is C25H31F3N4O2. The number of carbonyl (C=O) groups is 1. The van der Waals surface area contributed by atoms with Crippen LogP contribution in [-0.4, -0.2) is 39.7 Å². The van der Waals surface area contributed by atoms with E-state index >= 15 is 0 Å². The highest BCUT2D eigenvalue weighted by molar-refractivity contribution is 5.82. The third-order valence-corrected chi connectivity index (χ3v) is 5.77. The van der Waals surface area contributed by atoms with E-state index in [0.717, 1.165) is 23.6 Å². The largest absolute Gasteiger partial charge is 0.418 e. The number of alkyl halides is 3. The van der Waals surface area contributed by atoms with E-state index < -0.39 is 29.8 Å². The molecule has 184 valence electrons. The van der Waals surface area contributed by atoms with Crippen molar-refractivity contribution < 1.29 is 23.1 Å². The van der Waals surface area contributed by atoms with E-state index in [1.165, 1.54) is 17.7 Å². The third kappa shape index (κ3) is 6.57. The normalized spacial score (nSPS) is 13.7. The summed E-state index contributed by atoms with van der Waals surface area (Å²) in [6.07, 6.45) is -4.26. The Morgan fingerprint density at radius 3 is 2.65 bits per heavy atom. The molecule has 2 atom stereocenters. The van der Waals surface area contributed by atoms with Crippen LogP contribution < -0.4 is 10.6 Å². The molecule has 0 fully saturated rings. The molecule has 3 rings (SSSR count). The molecule has 4 N–H and O–H groups in total. The lowest BCUT2D eigenvalue weighted by Crippen LogP contribution is -2.49. The molecule has 1 amide bonds. The molecule has 1 heterocycles. The molecule has 6 nitrogen and oxygen atoms in total. The first-order valence-corrected chi connectivity index (χ1v) is 11.4. The molecule has 3 aromatic rings. The average Bonchev–Trinajstić information content (AvgIpc) is 3.16. The van der Waals surface area contributed by atoms with Crippen LogP contribution in [0.4, 0.5) is 13.2 Å². The second-order valence-electron chi connectivity index (χ2n) is 8.65. The summed E-state index contributed by atoms with van der Waals surface area (Å²) in [4.78, 5) is 19.5. The number of aliphatic hydroxyl groups is 1. The van der Waals surface area contributed by atoms with Gasteiger partial charge in [-0.1, -0.05) is 43.2 Å². The van der Waals surface area contributed by atoms with Crippen molar-refractivity contribution in [3.63, 3.8) is 0 Å². The standard InChI is InChI=1S/C25H31F3N4O2/c1-4-6-21(33)20(14-29-13-17-10-9-15(2)11-16(17)3)31-23(34)12-22-30-19-8-5-7-18(24(19)32-22)25(26,27)28/h5,7-11,20-21,29,33H,4,6,12-14H2,1-3H3,(H,30,32)(H,31,34)/t20-,21-/m0/s1. The van der Waals surface area contributed by atoms with Gasteiger partial charge in [0.05, 0.1) is 29.6 Å². The predicted molar refractivity (Wildman–Crippen MR) is 125 cm³/mol. The van der Waals surface area contributed by atoms with Gasteiger partial charge >= 0.3 is 6.18 Å². The van der Waals surface area contributed by atoms with E-state index in [2.05, 4.69) is 26.7 Å². The van der Waals surface area contributed by atoms with Crippen LogP contribution in [0.2, 0.25) is 0 Å². The number of fused-ring (bicyclic) bond motifs is 1. The lowest BCUT2D eigenvalue weighted by Gasteiger charge is -2.24. The van der Waals surface area contributed by atoms with Gasteiger partial charge in [0, 0.05) is 13.1 Å². The number of benzene rings is 2. The fourth-order valence-electron chi connectivity index (χ4n) is 3.99. The maximum atomic E-state index is 13.2. The lowest BCUT2D eigenvalue weighted by atomic mass is 10.0. The van der Waals surface area contributed by atoms with Gasteiger partial charge in [-0.3, -0.25) is 4.79 Å². The van der Waals surface area contributed by atoms with Crippen molar-refractivity contribution in [3.8, 4) is 0 Å². The zero-order chi connectivity index (χ0) is 24.9. The Morgan fingerprint density at radius 1 is 1.21 bits per heavy atom. The molecule has 0 aliphatic carbocycles. The van der Waals surface area contributed by atoms with Crippen LogP contribution in [0.3, 0.4) is 0 Å². The monoisotopic (exact) mass is 476 g/mol. The molecular weight excluding hydrogens is 445 g/mol. The molecule has 1 aromatic heterocycles. The number of aliphatic hydroxyl groups excluding tert-OH is 1. The minimum Gasteiger partial charge on any atom is -0.391 e. The van der Waals surface area contributed by atoms with Crippen LogP contribution in [0.15, 0.2) is 36.4 Å². The minimum absolute atomic E-state index is 0.135. The Balaban J connectivity index is 1.66. The molecule has 0 aliphatic heterocycles. The quantitative estimate of drug-likeness (QED) is 0.354. The number of halogens is 3. The van der Waals surface area contributed by atoms with Crippen LogP contribution >= 0.6 is 0 Å². The highest BCUT2D eigenvalue weighted by Crippen LogP contribution is 2.33. The number of amides is 1. The van der Waals surface area contributed by atoms with Gasteiger partial charge in [-0.05, 0) is 43.5 Å². The molecule has 0 saturated heterocycles. The fraction of sp³-hybridized carbons (Fsp3) is 0.440. The Labute approximate surface area is 197 Å². The van der Waals surface area contributed by atoms with Crippen molar-refractivity contribution in [1.82, 2.24) is 20.6 Å². The molecule has 0 bridgehead atoms. The molecule has 0 spiro atoms. The van der Waals surface area contributed by atoms with E-state index in [0.29, 0.717) is 19.5 Å². The SMILES string of the molecule is CCC[C@H](O)[C@H](CNCc1ccc(C)cc1C)NC(=O)Cc1nc2c(C(F)(F)F)cccc2[nH]1. The van der Waals surface area contributed by atoms with Gasteiger partial charge in [-0.25, -0.2) is 4.98 Å². The van der Waals surface area contributed by atoms with Crippen molar-refractivity contribution in [2.24, 2.45) is 0 Å². The molecule has 2 aromatic carbocycles. The molecule has 0 radical (unpaired) electrons. The first-order chi connectivity index (χ1) is 16.1. The number of carbonyl (C=O) groups excluding carboxylic acids is 1. The van der Waals surface area contributed by atoms with Gasteiger partial charge in [0.1, 0.15) is 11.3 Å². The first kappa shape index (κ1) is 25.7. The maximum absolute atomic E-state index is 13.2. The predicted octanol–water partition coefficient (Wildman–Crippen LogP) is 4.18. The molecule has 9 heteroatoms. The van der Waals surface area contributed by atoms with Gasteiger partial charge in [-0.2, -0.15) is 13.2 Å². The maximum Gasteiger partial charge on any atom is 0.418 e. The van der Waals surface area contributed by atoms with Gasteiger partial charge in [-0.15, -0.1) is 0 Å². The first-order valence-electron chi connectivity index (χ1n) is 11.4. The number of hydrogen-bond acceptors (Lipinski definition) is 4. The smallest absolute Gasteiger partial charge is 0.391 e. The summed E-state index contributed by atoms with van der Waals surface area (Å²) in [6, 6.07) is 9.38. The highest BCUT2D eigenvalue weighted by atomic mass is 19.4. The molecule has 34 heavy (non-hydrogen) atoms. The number of aryl methyl sites for hydroxylation is 2. The second kappa shape index (κ2) is 11.0. The minimum atomic E-state index is -4.54. The zero-order valence-corrected chi connectivity index (χ0v) is 19.6. The highest BCUT2D eigenvalue weighted by Gasteiger charge is 2.33. The van der Waals surface area contributed by atoms with Crippen molar-refractivity contribution in [3.05, 3.63) is 64.5 Å². The average molecular weight is 477 g/mol. The number of nitrogens with zero attached hydrogens (tertiary/aromatic N) is 1. The van der Waals surface area contributed by atoms with Crippen molar-refractivity contribution in [2.75, 3.05) is 6.54 Å². The summed E-state index contributed by atoms with van der Waals surface area (Å²) < 4.78 is 39.7. The molecule has 0 aliphatic rings. The fourth-order valence-corrected chi connectivity index (χ4v) is 3.99. The van der Waals surface area contributed by atoms with E-state index in [1.807, 2.05) is 32.9 Å². The Kier molecular flexibility index (Phi) is 8.33. The van der Waals surface area contributed by atoms with Gasteiger partial charge in [0.2, 0.25) is 5.91 Å². The Hall–Kier alpha value is -2.91. The van der Waals surface area contributed by atoms with E-state index in [1.54, 1.807) is 0 Å². The van der Waals surface area contributed by atoms with Crippen LogP contribution in [0, 0.1) is 13.8 Å². The second-order valence-corrected chi connectivity index (χ2v) is 8.65. The summed E-state index contributed by atoms with van der Waals surface area (Å²) in [5.74, 6) is -0.294. The number of hydrogen-bond donors (Lipinski definition) is 4. The van der Waals surface area contributed by atoms with Crippen LogP contribution in [0.1, 0.15) is 47.8 Å². The van der Waals surface area contributed by atoms with Gasteiger partial charge in [0.25, 0.3) is 0 Å². The number of imidazole rings is 1. The van der Waals surface area contributed by atoms with Crippen molar-refractivity contribution in [1.29, 1.82) is 0 Å². The number of nitrogens with one attached hydrogen (secondary N) is 3. The van der Waals surface area contributed by atoms with Gasteiger partial charge < -0.3 is 20.7 Å². The topological polar surface area (TPSA) is 90.0 Å². The van der Waals surface area contributed by atoms with E-state index in [4.69, 9.17) is 0 Å². The Bertz CT molecular complexity index is 1130. The van der Waals surface area contributed by atoms with Crippen LogP contribution in [0.25, 0.3) is 11.0 Å².